The third-order valence-corrected chi connectivity index (χ3v) is 3.60. The quantitative estimate of drug-likeness (QED) is 0.927. The topological polar surface area (TPSA) is 30.5 Å². The summed E-state index contributed by atoms with van der Waals surface area (Å²) in [6.07, 6.45) is -2.78. The SMILES string of the molecule is COc1cc(C2CCCNC2)c(C(F)(F)F)cc1OC. The molecule has 0 amide bonds. The second-order valence-electron chi connectivity index (χ2n) is 4.84. The predicted molar refractivity (Wildman–Crippen MR) is 69.4 cm³/mol. The number of benzene rings is 1. The summed E-state index contributed by atoms with van der Waals surface area (Å²) >= 11 is 0. The van der Waals surface area contributed by atoms with Gasteiger partial charge in [0.15, 0.2) is 11.5 Å². The molecule has 0 aromatic heterocycles. The molecule has 1 aliphatic rings. The molecule has 20 heavy (non-hydrogen) atoms. The van der Waals surface area contributed by atoms with Crippen molar-refractivity contribution in [2.24, 2.45) is 0 Å². The molecule has 1 N–H and O–H groups in total. The van der Waals surface area contributed by atoms with Gasteiger partial charge in [-0.1, -0.05) is 0 Å². The average molecular weight is 289 g/mol. The van der Waals surface area contributed by atoms with Crippen molar-refractivity contribution in [3.8, 4) is 11.5 Å². The Balaban J connectivity index is 2.51. The van der Waals surface area contributed by atoms with Crippen LogP contribution in [0.4, 0.5) is 13.2 Å². The minimum atomic E-state index is -4.40. The molecule has 1 aromatic rings. The van der Waals surface area contributed by atoms with Crippen LogP contribution >= 0.6 is 0 Å². The Kier molecular flexibility index (Phi) is 4.42. The lowest BCUT2D eigenvalue weighted by atomic mass is 9.87. The van der Waals surface area contributed by atoms with E-state index in [9.17, 15) is 13.2 Å². The highest BCUT2D eigenvalue weighted by molar-refractivity contribution is 5.50. The lowest BCUT2D eigenvalue weighted by Gasteiger charge is -2.27. The predicted octanol–water partition coefficient (Wildman–Crippen LogP) is 3.19. The molecule has 112 valence electrons. The Morgan fingerprint density at radius 1 is 1.15 bits per heavy atom. The van der Waals surface area contributed by atoms with Crippen LogP contribution in [0.1, 0.15) is 29.9 Å². The summed E-state index contributed by atoms with van der Waals surface area (Å²) in [7, 11) is 2.76. The first-order valence-electron chi connectivity index (χ1n) is 6.51. The van der Waals surface area contributed by atoms with E-state index >= 15 is 0 Å². The average Bonchev–Trinajstić information content (AvgIpc) is 2.45. The third-order valence-electron chi connectivity index (χ3n) is 3.60. The van der Waals surface area contributed by atoms with Crippen LogP contribution in [0.5, 0.6) is 11.5 Å². The first-order valence-corrected chi connectivity index (χ1v) is 6.51. The fourth-order valence-corrected chi connectivity index (χ4v) is 2.60. The molecule has 0 saturated carbocycles. The van der Waals surface area contributed by atoms with Crippen LogP contribution in [0, 0.1) is 0 Å². The van der Waals surface area contributed by atoms with E-state index in [1.165, 1.54) is 20.3 Å². The van der Waals surface area contributed by atoms with Crippen molar-refractivity contribution in [1.29, 1.82) is 0 Å². The van der Waals surface area contributed by atoms with Crippen LogP contribution in [-0.2, 0) is 6.18 Å². The van der Waals surface area contributed by atoms with E-state index in [-0.39, 0.29) is 17.2 Å². The van der Waals surface area contributed by atoms with E-state index in [4.69, 9.17) is 9.47 Å². The van der Waals surface area contributed by atoms with Gasteiger partial charge in [0.1, 0.15) is 0 Å². The van der Waals surface area contributed by atoms with Crippen molar-refractivity contribution in [2.45, 2.75) is 24.9 Å². The number of hydrogen-bond acceptors (Lipinski definition) is 3. The molecule has 1 heterocycles. The summed E-state index contributed by atoms with van der Waals surface area (Å²) in [6, 6.07) is 2.49. The number of rotatable bonds is 3. The molecule has 2 rings (SSSR count). The summed E-state index contributed by atoms with van der Waals surface area (Å²) in [5, 5.41) is 3.14. The van der Waals surface area contributed by atoms with E-state index in [0.717, 1.165) is 25.5 Å². The van der Waals surface area contributed by atoms with Gasteiger partial charge in [0.2, 0.25) is 0 Å². The van der Waals surface area contributed by atoms with E-state index in [1.54, 1.807) is 0 Å². The molecule has 3 nitrogen and oxygen atoms in total. The number of methoxy groups -OCH3 is 2. The highest BCUT2D eigenvalue weighted by Gasteiger charge is 2.37. The molecule has 1 atom stereocenters. The van der Waals surface area contributed by atoms with Crippen LogP contribution in [0.15, 0.2) is 12.1 Å². The van der Waals surface area contributed by atoms with Crippen molar-refractivity contribution in [3.05, 3.63) is 23.3 Å². The molecule has 0 bridgehead atoms. The molecule has 1 aliphatic heterocycles. The van der Waals surface area contributed by atoms with Gasteiger partial charge in [-0.2, -0.15) is 13.2 Å². The second kappa shape index (κ2) is 5.91. The third kappa shape index (κ3) is 3.00. The largest absolute Gasteiger partial charge is 0.493 e. The lowest BCUT2D eigenvalue weighted by Crippen LogP contribution is -2.29. The summed E-state index contributed by atoms with van der Waals surface area (Å²) in [4.78, 5) is 0. The molecule has 0 aliphatic carbocycles. The number of alkyl halides is 3. The molecular formula is C14H18F3NO2. The Morgan fingerprint density at radius 2 is 1.80 bits per heavy atom. The molecule has 1 saturated heterocycles. The summed E-state index contributed by atoms with van der Waals surface area (Å²) in [5.74, 6) is 0.286. The van der Waals surface area contributed by atoms with Crippen molar-refractivity contribution >= 4 is 0 Å². The van der Waals surface area contributed by atoms with Crippen LogP contribution < -0.4 is 14.8 Å². The molecular weight excluding hydrogens is 271 g/mol. The maximum absolute atomic E-state index is 13.2. The van der Waals surface area contributed by atoms with Gasteiger partial charge in [-0.05, 0) is 43.0 Å². The zero-order valence-corrected chi connectivity index (χ0v) is 11.5. The van der Waals surface area contributed by atoms with Gasteiger partial charge >= 0.3 is 6.18 Å². The van der Waals surface area contributed by atoms with Crippen LogP contribution in [0.2, 0.25) is 0 Å². The smallest absolute Gasteiger partial charge is 0.416 e. The lowest BCUT2D eigenvalue weighted by molar-refractivity contribution is -0.138. The first-order chi connectivity index (χ1) is 9.47. The van der Waals surface area contributed by atoms with Crippen LogP contribution in [0.25, 0.3) is 0 Å². The van der Waals surface area contributed by atoms with Gasteiger partial charge in [-0.3, -0.25) is 0 Å². The molecule has 0 radical (unpaired) electrons. The molecule has 1 fully saturated rings. The zero-order valence-electron chi connectivity index (χ0n) is 11.5. The number of nitrogens with one attached hydrogen (secondary N) is 1. The summed E-state index contributed by atoms with van der Waals surface area (Å²) in [5.41, 5.74) is -0.355. The van der Waals surface area contributed by atoms with Gasteiger partial charge in [-0.15, -0.1) is 0 Å². The minimum absolute atomic E-state index is 0.104. The molecule has 6 heteroatoms. The van der Waals surface area contributed by atoms with E-state index in [2.05, 4.69) is 5.32 Å². The van der Waals surface area contributed by atoms with Crippen LogP contribution in [-0.4, -0.2) is 27.3 Å². The number of piperidine rings is 1. The van der Waals surface area contributed by atoms with Gasteiger partial charge in [-0.25, -0.2) is 0 Å². The Hall–Kier alpha value is -1.43. The van der Waals surface area contributed by atoms with Crippen molar-refractivity contribution < 1.29 is 22.6 Å². The molecule has 0 spiro atoms. The van der Waals surface area contributed by atoms with Crippen molar-refractivity contribution in [2.75, 3.05) is 27.3 Å². The molecule has 1 aromatic carbocycles. The number of halogens is 3. The minimum Gasteiger partial charge on any atom is -0.493 e. The number of hydrogen-bond donors (Lipinski definition) is 1. The Labute approximate surface area is 116 Å². The van der Waals surface area contributed by atoms with Gasteiger partial charge < -0.3 is 14.8 Å². The van der Waals surface area contributed by atoms with Gasteiger partial charge in [0.05, 0.1) is 19.8 Å². The van der Waals surface area contributed by atoms with E-state index in [0.29, 0.717) is 12.3 Å². The maximum atomic E-state index is 13.2. The van der Waals surface area contributed by atoms with Crippen molar-refractivity contribution in [3.63, 3.8) is 0 Å². The summed E-state index contributed by atoms with van der Waals surface area (Å²) < 4.78 is 49.8. The maximum Gasteiger partial charge on any atom is 0.416 e. The Bertz CT molecular complexity index is 468. The highest BCUT2D eigenvalue weighted by Crippen LogP contribution is 2.42. The Morgan fingerprint density at radius 3 is 2.30 bits per heavy atom. The standard InChI is InChI=1S/C14H18F3NO2/c1-19-12-6-10(9-4-3-5-18-8-9)11(14(15,16)17)7-13(12)20-2/h6-7,9,18H,3-5,8H2,1-2H3. The van der Waals surface area contributed by atoms with Crippen molar-refractivity contribution in [1.82, 2.24) is 5.32 Å². The van der Waals surface area contributed by atoms with Gasteiger partial charge in [0, 0.05) is 6.54 Å². The summed E-state index contributed by atoms with van der Waals surface area (Å²) in [6.45, 7) is 1.41. The van der Waals surface area contributed by atoms with Gasteiger partial charge in [0.25, 0.3) is 0 Å². The second-order valence-corrected chi connectivity index (χ2v) is 4.84. The van der Waals surface area contributed by atoms with Crippen LogP contribution in [0.3, 0.4) is 0 Å². The molecule has 1 unspecified atom stereocenters. The zero-order chi connectivity index (χ0) is 14.8. The number of ether oxygens (including phenoxy) is 2. The fourth-order valence-electron chi connectivity index (χ4n) is 2.60. The highest BCUT2D eigenvalue weighted by atomic mass is 19.4. The monoisotopic (exact) mass is 289 g/mol. The van der Waals surface area contributed by atoms with E-state index in [1.807, 2.05) is 0 Å². The first kappa shape index (κ1) is 15.0. The normalized spacial score (nSPS) is 19.8. The fraction of sp³-hybridized carbons (Fsp3) is 0.571. The van der Waals surface area contributed by atoms with E-state index < -0.39 is 11.7 Å².